The van der Waals surface area contributed by atoms with Gasteiger partial charge in [0.1, 0.15) is 0 Å². The first-order valence-electron chi connectivity index (χ1n) is 7.52. The predicted molar refractivity (Wildman–Crippen MR) is 72.7 cm³/mol. The highest BCUT2D eigenvalue weighted by molar-refractivity contribution is 5.87. The molecular formula is C14H25N3O2. The summed E-state index contributed by atoms with van der Waals surface area (Å²) >= 11 is 0. The Morgan fingerprint density at radius 1 is 1.53 bits per heavy atom. The van der Waals surface area contributed by atoms with Crippen LogP contribution < -0.4 is 5.32 Å². The Morgan fingerprint density at radius 2 is 2.37 bits per heavy atom. The van der Waals surface area contributed by atoms with E-state index in [0.717, 1.165) is 26.1 Å². The average molecular weight is 267 g/mol. The number of amides is 1. The predicted octanol–water partition coefficient (Wildman–Crippen LogP) is 0.408. The standard InChI is InChI=1S/C14H25N3O2/c1-3-14(2)13(18)17(10-15-14)8-12-7-16-6-4-5-11(16)9-19-12/h11-12,15H,3-10H2,1-2H3. The number of rotatable bonds is 3. The third-order valence-corrected chi connectivity index (χ3v) is 5.01. The molecule has 3 rings (SSSR count). The first-order valence-corrected chi connectivity index (χ1v) is 7.52. The molecule has 108 valence electrons. The number of carbonyl (C=O) groups is 1. The highest BCUT2D eigenvalue weighted by Gasteiger charge is 2.42. The molecule has 0 aliphatic carbocycles. The lowest BCUT2D eigenvalue weighted by Gasteiger charge is -2.36. The van der Waals surface area contributed by atoms with Gasteiger partial charge in [0.25, 0.3) is 0 Å². The second kappa shape index (κ2) is 5.04. The zero-order chi connectivity index (χ0) is 13.5. The van der Waals surface area contributed by atoms with Crippen LogP contribution in [0.3, 0.4) is 0 Å². The summed E-state index contributed by atoms with van der Waals surface area (Å²) in [5.74, 6) is 0.224. The van der Waals surface area contributed by atoms with Crippen LogP contribution in [-0.4, -0.2) is 66.3 Å². The first kappa shape index (κ1) is 13.3. The van der Waals surface area contributed by atoms with E-state index in [9.17, 15) is 4.79 Å². The smallest absolute Gasteiger partial charge is 0.243 e. The van der Waals surface area contributed by atoms with E-state index in [-0.39, 0.29) is 17.6 Å². The number of ether oxygens (including phenoxy) is 1. The van der Waals surface area contributed by atoms with E-state index >= 15 is 0 Å². The molecule has 3 fully saturated rings. The number of nitrogens with zero attached hydrogens (tertiary/aromatic N) is 2. The van der Waals surface area contributed by atoms with Crippen LogP contribution >= 0.6 is 0 Å². The molecule has 1 amide bonds. The number of nitrogens with one attached hydrogen (secondary N) is 1. The van der Waals surface area contributed by atoms with E-state index in [1.165, 1.54) is 19.4 Å². The normalized spacial score (nSPS) is 39.9. The molecule has 0 aromatic heterocycles. The minimum Gasteiger partial charge on any atom is -0.373 e. The van der Waals surface area contributed by atoms with Crippen LogP contribution in [0.1, 0.15) is 33.1 Å². The Balaban J connectivity index is 1.56. The van der Waals surface area contributed by atoms with Gasteiger partial charge in [0.15, 0.2) is 0 Å². The van der Waals surface area contributed by atoms with Gasteiger partial charge in [-0.15, -0.1) is 0 Å². The fourth-order valence-corrected chi connectivity index (χ4v) is 3.43. The molecule has 0 saturated carbocycles. The number of morpholine rings is 1. The quantitative estimate of drug-likeness (QED) is 0.804. The van der Waals surface area contributed by atoms with Crippen LogP contribution in [0.25, 0.3) is 0 Å². The van der Waals surface area contributed by atoms with Crippen molar-refractivity contribution >= 4 is 5.91 Å². The maximum atomic E-state index is 12.4. The minimum atomic E-state index is -0.370. The first-order chi connectivity index (χ1) is 9.12. The highest BCUT2D eigenvalue weighted by atomic mass is 16.5. The molecule has 5 nitrogen and oxygen atoms in total. The number of hydrogen-bond donors (Lipinski definition) is 1. The summed E-state index contributed by atoms with van der Waals surface area (Å²) in [6, 6.07) is 0.629. The number of fused-ring (bicyclic) bond motifs is 1. The lowest BCUT2D eigenvalue weighted by atomic mass is 9.99. The molecule has 3 unspecified atom stereocenters. The minimum absolute atomic E-state index is 0.180. The van der Waals surface area contributed by atoms with Crippen molar-refractivity contribution in [2.45, 2.75) is 50.8 Å². The summed E-state index contributed by atoms with van der Waals surface area (Å²) in [6.07, 6.45) is 3.57. The Morgan fingerprint density at radius 3 is 3.11 bits per heavy atom. The van der Waals surface area contributed by atoms with Gasteiger partial charge in [-0.2, -0.15) is 0 Å². The maximum absolute atomic E-state index is 12.4. The topological polar surface area (TPSA) is 44.8 Å². The second-order valence-corrected chi connectivity index (χ2v) is 6.29. The van der Waals surface area contributed by atoms with E-state index in [1.807, 2.05) is 11.8 Å². The van der Waals surface area contributed by atoms with E-state index < -0.39 is 0 Å². The van der Waals surface area contributed by atoms with Crippen molar-refractivity contribution in [1.29, 1.82) is 0 Å². The van der Waals surface area contributed by atoms with Crippen molar-refractivity contribution in [3.63, 3.8) is 0 Å². The third-order valence-electron chi connectivity index (χ3n) is 5.01. The zero-order valence-electron chi connectivity index (χ0n) is 12.0. The molecule has 0 bridgehead atoms. The summed E-state index contributed by atoms with van der Waals surface area (Å²) in [7, 11) is 0. The maximum Gasteiger partial charge on any atom is 0.243 e. The van der Waals surface area contributed by atoms with Gasteiger partial charge in [0.05, 0.1) is 24.9 Å². The molecule has 19 heavy (non-hydrogen) atoms. The lowest BCUT2D eigenvalue weighted by molar-refractivity contribution is -0.135. The molecule has 0 aromatic carbocycles. The molecule has 1 N–H and O–H groups in total. The molecule has 3 atom stereocenters. The monoisotopic (exact) mass is 267 g/mol. The zero-order valence-corrected chi connectivity index (χ0v) is 12.0. The van der Waals surface area contributed by atoms with Crippen molar-refractivity contribution in [2.24, 2.45) is 0 Å². The molecule has 0 spiro atoms. The van der Waals surface area contributed by atoms with Gasteiger partial charge in [0.2, 0.25) is 5.91 Å². The second-order valence-electron chi connectivity index (χ2n) is 6.29. The van der Waals surface area contributed by atoms with Gasteiger partial charge in [-0.3, -0.25) is 15.0 Å². The van der Waals surface area contributed by atoms with Gasteiger partial charge < -0.3 is 9.64 Å². The van der Waals surface area contributed by atoms with Gasteiger partial charge in [-0.05, 0) is 32.7 Å². The Hall–Kier alpha value is -0.650. The van der Waals surface area contributed by atoms with Gasteiger partial charge >= 0.3 is 0 Å². The summed E-state index contributed by atoms with van der Waals surface area (Å²) < 4.78 is 5.94. The van der Waals surface area contributed by atoms with Crippen LogP contribution in [0.15, 0.2) is 0 Å². The highest BCUT2D eigenvalue weighted by Crippen LogP contribution is 2.24. The molecule has 5 heteroatoms. The van der Waals surface area contributed by atoms with Crippen molar-refractivity contribution in [2.75, 3.05) is 32.9 Å². The Bertz CT molecular complexity index is 363. The van der Waals surface area contributed by atoms with Gasteiger partial charge in [-0.25, -0.2) is 0 Å². The van der Waals surface area contributed by atoms with Gasteiger partial charge in [-0.1, -0.05) is 6.92 Å². The van der Waals surface area contributed by atoms with E-state index in [4.69, 9.17) is 4.74 Å². The van der Waals surface area contributed by atoms with E-state index in [0.29, 0.717) is 12.7 Å². The van der Waals surface area contributed by atoms with Crippen LogP contribution in [0.4, 0.5) is 0 Å². The molecule has 0 radical (unpaired) electrons. The Labute approximate surface area is 115 Å². The lowest BCUT2D eigenvalue weighted by Crippen LogP contribution is -2.51. The van der Waals surface area contributed by atoms with Crippen LogP contribution in [0.2, 0.25) is 0 Å². The summed E-state index contributed by atoms with van der Waals surface area (Å²) in [5, 5.41) is 3.33. The number of carbonyl (C=O) groups excluding carboxylic acids is 1. The molecular weight excluding hydrogens is 242 g/mol. The van der Waals surface area contributed by atoms with Crippen LogP contribution in [0.5, 0.6) is 0 Å². The summed E-state index contributed by atoms with van der Waals surface area (Å²) in [5.41, 5.74) is -0.370. The fourth-order valence-electron chi connectivity index (χ4n) is 3.43. The van der Waals surface area contributed by atoms with Gasteiger partial charge in [0, 0.05) is 19.1 Å². The van der Waals surface area contributed by atoms with Crippen molar-refractivity contribution in [1.82, 2.24) is 15.1 Å². The van der Waals surface area contributed by atoms with E-state index in [2.05, 4.69) is 17.1 Å². The van der Waals surface area contributed by atoms with Crippen molar-refractivity contribution in [3.8, 4) is 0 Å². The van der Waals surface area contributed by atoms with Crippen LogP contribution in [-0.2, 0) is 9.53 Å². The SMILES string of the molecule is CCC1(C)NCN(CC2CN3CCCC3CO2)C1=O. The van der Waals surface area contributed by atoms with Crippen LogP contribution in [0, 0.1) is 0 Å². The number of hydrogen-bond acceptors (Lipinski definition) is 4. The molecule has 0 aromatic rings. The fraction of sp³-hybridized carbons (Fsp3) is 0.929. The molecule has 3 saturated heterocycles. The average Bonchev–Trinajstić information content (AvgIpc) is 2.99. The third kappa shape index (κ3) is 2.39. The summed E-state index contributed by atoms with van der Waals surface area (Å²) in [6.45, 7) is 8.46. The van der Waals surface area contributed by atoms with Crippen molar-refractivity contribution < 1.29 is 9.53 Å². The molecule has 3 aliphatic heterocycles. The molecule has 3 aliphatic rings. The van der Waals surface area contributed by atoms with E-state index in [1.54, 1.807) is 0 Å². The largest absolute Gasteiger partial charge is 0.373 e. The summed E-state index contributed by atoms with van der Waals surface area (Å²) in [4.78, 5) is 16.8. The van der Waals surface area contributed by atoms with Crippen molar-refractivity contribution in [3.05, 3.63) is 0 Å². The molecule has 3 heterocycles. The Kier molecular flexibility index (Phi) is 3.53.